The van der Waals surface area contributed by atoms with Crippen LogP contribution in [-0.2, 0) is 24.2 Å². The first kappa shape index (κ1) is 20.1. The van der Waals surface area contributed by atoms with Crippen LogP contribution >= 0.6 is 0 Å². The number of alkyl carbamates (subject to hydrolysis) is 1. The number of hydrogen-bond acceptors (Lipinski definition) is 6. The third-order valence-corrected chi connectivity index (χ3v) is 4.49. The minimum atomic E-state index is -3.34. The molecule has 1 fully saturated rings. The maximum Gasteiger partial charge on any atom is 0.407 e. The van der Waals surface area contributed by atoms with Gasteiger partial charge in [0, 0.05) is 13.7 Å². The molecule has 23 heavy (non-hydrogen) atoms. The zero-order valence-corrected chi connectivity index (χ0v) is 15.1. The molecule has 0 aliphatic carbocycles. The van der Waals surface area contributed by atoms with Gasteiger partial charge in [-0.1, -0.05) is 0 Å². The van der Waals surface area contributed by atoms with Gasteiger partial charge in [-0.2, -0.15) is 0 Å². The van der Waals surface area contributed by atoms with E-state index in [-0.39, 0.29) is 31.1 Å². The first-order valence-electron chi connectivity index (χ1n) is 7.69. The Balaban J connectivity index is 2.26. The van der Waals surface area contributed by atoms with Crippen LogP contribution in [0.1, 0.15) is 33.6 Å². The largest absolute Gasteiger partial charge is 0.444 e. The van der Waals surface area contributed by atoms with Crippen LogP contribution in [0.2, 0.25) is 0 Å². The van der Waals surface area contributed by atoms with Crippen LogP contribution in [0.15, 0.2) is 0 Å². The van der Waals surface area contributed by atoms with Crippen molar-refractivity contribution in [3.05, 3.63) is 0 Å². The van der Waals surface area contributed by atoms with Crippen molar-refractivity contribution in [2.24, 2.45) is 0 Å². The predicted molar refractivity (Wildman–Crippen MR) is 85.8 cm³/mol. The first-order valence-corrected chi connectivity index (χ1v) is 9.34. The van der Waals surface area contributed by atoms with Crippen molar-refractivity contribution in [2.75, 3.05) is 32.6 Å². The van der Waals surface area contributed by atoms with Gasteiger partial charge in [0.1, 0.15) is 5.60 Å². The second-order valence-corrected chi connectivity index (χ2v) is 8.46. The predicted octanol–water partition coefficient (Wildman–Crippen LogP) is 0.625. The highest BCUT2D eigenvalue weighted by Crippen LogP contribution is 2.14. The molecule has 0 radical (unpaired) electrons. The molecule has 1 amide bonds. The van der Waals surface area contributed by atoms with E-state index in [1.54, 1.807) is 20.8 Å². The molecule has 1 aliphatic rings. The molecular weight excluding hydrogens is 324 g/mol. The summed E-state index contributed by atoms with van der Waals surface area (Å²) in [5, 5.41) is 2.75. The lowest BCUT2D eigenvalue weighted by Crippen LogP contribution is -2.47. The van der Waals surface area contributed by atoms with Crippen molar-refractivity contribution >= 4 is 16.1 Å². The van der Waals surface area contributed by atoms with Crippen LogP contribution in [0.4, 0.5) is 4.79 Å². The van der Waals surface area contributed by atoms with E-state index in [4.69, 9.17) is 14.2 Å². The van der Waals surface area contributed by atoms with Crippen molar-refractivity contribution in [1.82, 2.24) is 10.0 Å². The van der Waals surface area contributed by atoms with Crippen molar-refractivity contribution in [1.29, 1.82) is 0 Å². The lowest BCUT2D eigenvalue weighted by Gasteiger charge is -2.30. The molecule has 8 nitrogen and oxygen atoms in total. The van der Waals surface area contributed by atoms with Gasteiger partial charge < -0.3 is 19.5 Å². The van der Waals surface area contributed by atoms with E-state index < -0.39 is 21.7 Å². The fourth-order valence-electron chi connectivity index (χ4n) is 2.04. The highest BCUT2D eigenvalue weighted by atomic mass is 32.2. The molecule has 1 aliphatic heterocycles. The average molecular weight is 352 g/mol. The average Bonchev–Trinajstić information content (AvgIpc) is 2.42. The first-order chi connectivity index (χ1) is 10.6. The van der Waals surface area contributed by atoms with Crippen molar-refractivity contribution in [2.45, 2.75) is 51.4 Å². The fourth-order valence-corrected chi connectivity index (χ4v) is 3.01. The highest BCUT2D eigenvalue weighted by molar-refractivity contribution is 7.89. The number of rotatable bonds is 7. The quantitative estimate of drug-likeness (QED) is 0.696. The Morgan fingerprint density at radius 2 is 2.00 bits per heavy atom. The fraction of sp³-hybridized carbons (Fsp3) is 0.929. The molecule has 2 N–H and O–H groups in total. The number of carbonyl (C=O) groups is 1. The van der Waals surface area contributed by atoms with E-state index in [0.717, 1.165) is 0 Å². The van der Waals surface area contributed by atoms with Crippen LogP contribution in [-0.4, -0.2) is 64.9 Å². The lowest BCUT2D eigenvalue weighted by molar-refractivity contribution is -0.00478. The van der Waals surface area contributed by atoms with E-state index in [9.17, 15) is 13.2 Å². The van der Waals surface area contributed by atoms with Crippen molar-refractivity contribution in [3.63, 3.8) is 0 Å². The zero-order valence-electron chi connectivity index (χ0n) is 14.3. The summed E-state index contributed by atoms with van der Waals surface area (Å²) in [6.45, 7) is 6.12. The number of nitrogens with one attached hydrogen (secondary N) is 2. The Kier molecular flexibility index (Phi) is 7.72. The SMILES string of the molecule is COCCS(=O)(=O)NC[C@@H]1CC[C@@H](NC(=O)OC(C)(C)C)CO1. The van der Waals surface area contributed by atoms with Gasteiger partial charge in [0.05, 0.1) is 31.1 Å². The molecule has 0 unspecified atom stereocenters. The standard InChI is InChI=1S/C14H28N2O6S/c1-14(2,3)22-13(17)16-11-5-6-12(21-10-11)9-15-23(18,19)8-7-20-4/h11-12,15H,5-10H2,1-4H3,(H,16,17)/t11-,12+/m1/s1. The molecular formula is C14H28N2O6S. The molecule has 2 atom stereocenters. The number of amides is 1. The van der Waals surface area contributed by atoms with E-state index in [1.807, 2.05) is 0 Å². The maximum atomic E-state index is 11.7. The second kappa shape index (κ2) is 8.81. The number of sulfonamides is 1. The van der Waals surface area contributed by atoms with Gasteiger partial charge in [-0.25, -0.2) is 17.9 Å². The summed E-state index contributed by atoms with van der Waals surface area (Å²) in [5.41, 5.74) is -0.539. The molecule has 1 saturated heterocycles. The molecule has 0 aromatic heterocycles. The van der Waals surface area contributed by atoms with Crippen molar-refractivity contribution < 1.29 is 27.4 Å². The molecule has 1 heterocycles. The summed E-state index contributed by atoms with van der Waals surface area (Å²) in [4.78, 5) is 11.7. The van der Waals surface area contributed by atoms with Crippen LogP contribution in [0, 0.1) is 0 Å². The summed E-state index contributed by atoms with van der Waals surface area (Å²) in [7, 11) is -1.88. The Morgan fingerprint density at radius 3 is 2.52 bits per heavy atom. The van der Waals surface area contributed by atoms with Gasteiger partial charge >= 0.3 is 6.09 Å². The van der Waals surface area contributed by atoms with Crippen molar-refractivity contribution in [3.8, 4) is 0 Å². The molecule has 0 aromatic carbocycles. The Hall–Kier alpha value is -0.900. The Bertz CT molecular complexity index is 466. The molecule has 0 spiro atoms. The van der Waals surface area contributed by atoms with Gasteiger partial charge in [-0.15, -0.1) is 0 Å². The van der Waals surface area contributed by atoms with E-state index >= 15 is 0 Å². The third kappa shape index (κ3) is 9.09. The molecule has 0 aromatic rings. The summed E-state index contributed by atoms with van der Waals surface area (Å²) in [6, 6.07) is -0.119. The molecule has 0 bridgehead atoms. The minimum Gasteiger partial charge on any atom is -0.444 e. The zero-order chi connectivity index (χ0) is 17.5. The molecule has 1 rings (SSSR count). The Labute approximate surface area is 138 Å². The number of ether oxygens (including phenoxy) is 3. The van der Waals surface area contributed by atoms with E-state index in [1.165, 1.54) is 7.11 Å². The molecule has 0 saturated carbocycles. The van der Waals surface area contributed by atoms with Gasteiger partial charge in [0.15, 0.2) is 0 Å². The molecule has 9 heteroatoms. The van der Waals surface area contributed by atoms with E-state index in [2.05, 4.69) is 10.0 Å². The third-order valence-electron chi connectivity index (χ3n) is 3.18. The van der Waals surface area contributed by atoms with Crippen LogP contribution in [0.5, 0.6) is 0 Å². The van der Waals surface area contributed by atoms with Gasteiger partial charge in [-0.3, -0.25) is 0 Å². The lowest BCUT2D eigenvalue weighted by atomic mass is 10.1. The Morgan fingerprint density at radius 1 is 1.30 bits per heavy atom. The minimum absolute atomic E-state index is 0.0704. The second-order valence-electron chi connectivity index (χ2n) is 6.54. The van der Waals surface area contributed by atoms with Gasteiger partial charge in [0.2, 0.25) is 10.0 Å². The topological polar surface area (TPSA) is 103 Å². The van der Waals surface area contributed by atoms with Gasteiger partial charge in [-0.05, 0) is 33.6 Å². The summed E-state index contributed by atoms with van der Waals surface area (Å²) >= 11 is 0. The van der Waals surface area contributed by atoms with E-state index in [0.29, 0.717) is 19.4 Å². The monoisotopic (exact) mass is 352 g/mol. The highest BCUT2D eigenvalue weighted by Gasteiger charge is 2.26. The van der Waals surface area contributed by atoms with Gasteiger partial charge in [0.25, 0.3) is 0 Å². The smallest absolute Gasteiger partial charge is 0.407 e. The summed E-state index contributed by atoms with van der Waals surface area (Å²) in [5.74, 6) is -0.0704. The number of methoxy groups -OCH3 is 1. The summed E-state index contributed by atoms with van der Waals surface area (Å²) < 4.78 is 41.3. The number of hydrogen-bond donors (Lipinski definition) is 2. The maximum absolute atomic E-state index is 11.7. The summed E-state index contributed by atoms with van der Waals surface area (Å²) in [6.07, 6.45) is 0.713. The van der Waals surface area contributed by atoms with Crippen LogP contribution in [0.25, 0.3) is 0 Å². The van der Waals surface area contributed by atoms with Crippen LogP contribution < -0.4 is 10.0 Å². The number of carbonyl (C=O) groups excluding carboxylic acids is 1. The molecule has 136 valence electrons. The normalized spacial score (nSPS) is 22.6. The van der Waals surface area contributed by atoms with Crippen LogP contribution in [0.3, 0.4) is 0 Å².